The van der Waals surface area contributed by atoms with E-state index in [4.69, 9.17) is 5.73 Å². The third-order valence-electron chi connectivity index (χ3n) is 4.03. The molecule has 0 aromatic carbocycles. The predicted molar refractivity (Wildman–Crippen MR) is 73.3 cm³/mol. The van der Waals surface area contributed by atoms with Crippen LogP contribution in [0.4, 0.5) is 13.2 Å². The first-order chi connectivity index (χ1) is 10.8. The van der Waals surface area contributed by atoms with Crippen molar-refractivity contribution in [2.75, 3.05) is 13.1 Å². The number of imidazole rings is 1. The van der Waals surface area contributed by atoms with Gasteiger partial charge in [0.15, 0.2) is 0 Å². The van der Waals surface area contributed by atoms with Gasteiger partial charge in [0, 0.05) is 31.7 Å². The summed E-state index contributed by atoms with van der Waals surface area (Å²) >= 11 is 0. The van der Waals surface area contributed by atoms with Gasteiger partial charge < -0.3 is 15.0 Å². The van der Waals surface area contributed by atoms with Gasteiger partial charge in [-0.1, -0.05) is 0 Å². The van der Waals surface area contributed by atoms with Gasteiger partial charge in [-0.2, -0.15) is 13.2 Å². The van der Waals surface area contributed by atoms with Crippen LogP contribution in [0.1, 0.15) is 10.4 Å². The van der Waals surface area contributed by atoms with Crippen molar-refractivity contribution in [2.24, 2.45) is 17.6 Å². The van der Waals surface area contributed by atoms with E-state index in [1.54, 1.807) is 22.9 Å². The second-order valence-corrected chi connectivity index (χ2v) is 5.48. The molecule has 2 N–H and O–H groups in total. The average molecular weight is 326 g/mol. The van der Waals surface area contributed by atoms with Gasteiger partial charge in [-0.3, -0.25) is 9.59 Å². The number of fused-ring (bicyclic) bond motifs is 1. The summed E-state index contributed by atoms with van der Waals surface area (Å²) in [6, 6.07) is 3.08. The van der Waals surface area contributed by atoms with Crippen LogP contribution >= 0.6 is 0 Å². The minimum Gasteiger partial charge on any atom is -0.369 e. The molecule has 0 saturated carbocycles. The van der Waals surface area contributed by atoms with E-state index in [0.29, 0.717) is 5.65 Å². The number of nitrogens with two attached hydrogens (primary N) is 1. The molecule has 2 aromatic rings. The van der Waals surface area contributed by atoms with E-state index in [0.717, 1.165) is 4.90 Å². The second kappa shape index (κ2) is 5.25. The van der Waals surface area contributed by atoms with E-state index in [9.17, 15) is 22.8 Å². The number of carbonyl (C=O) groups is 2. The van der Waals surface area contributed by atoms with Crippen LogP contribution in [0, 0.1) is 11.8 Å². The predicted octanol–water partition coefficient (Wildman–Crippen LogP) is 1.07. The molecule has 3 rings (SSSR count). The van der Waals surface area contributed by atoms with Gasteiger partial charge in [0.1, 0.15) is 5.65 Å². The van der Waals surface area contributed by atoms with Crippen molar-refractivity contribution in [2.45, 2.75) is 6.18 Å². The lowest BCUT2D eigenvalue weighted by molar-refractivity contribution is -0.182. The number of hydrogen-bond donors (Lipinski definition) is 1. The molecule has 3 heterocycles. The maximum Gasteiger partial charge on any atom is 0.394 e. The minimum atomic E-state index is -4.58. The van der Waals surface area contributed by atoms with E-state index >= 15 is 0 Å². The molecule has 2 amide bonds. The quantitative estimate of drug-likeness (QED) is 0.896. The first kappa shape index (κ1) is 15.3. The zero-order valence-electron chi connectivity index (χ0n) is 11.8. The van der Waals surface area contributed by atoms with Crippen molar-refractivity contribution in [1.82, 2.24) is 14.3 Å². The molecule has 6 nitrogen and oxygen atoms in total. The van der Waals surface area contributed by atoms with Crippen molar-refractivity contribution in [1.29, 1.82) is 0 Å². The van der Waals surface area contributed by atoms with Crippen molar-refractivity contribution in [3.8, 4) is 0 Å². The number of alkyl halides is 3. The van der Waals surface area contributed by atoms with Crippen molar-refractivity contribution in [3.63, 3.8) is 0 Å². The highest BCUT2D eigenvalue weighted by Crippen LogP contribution is 2.37. The zero-order chi connectivity index (χ0) is 16.8. The highest BCUT2D eigenvalue weighted by Gasteiger charge is 2.52. The summed E-state index contributed by atoms with van der Waals surface area (Å²) < 4.78 is 40.6. The largest absolute Gasteiger partial charge is 0.394 e. The second-order valence-electron chi connectivity index (χ2n) is 5.48. The van der Waals surface area contributed by atoms with Crippen molar-refractivity contribution >= 4 is 17.5 Å². The number of pyridine rings is 1. The molecule has 1 aliphatic rings. The molecular weight excluding hydrogens is 313 g/mol. The van der Waals surface area contributed by atoms with Crippen LogP contribution in [0.2, 0.25) is 0 Å². The molecule has 122 valence electrons. The summed E-state index contributed by atoms with van der Waals surface area (Å²) in [6.07, 6.45) is 0.0803. The number of likely N-dealkylation sites (tertiary alicyclic amines) is 1. The fourth-order valence-electron chi connectivity index (χ4n) is 2.82. The summed E-state index contributed by atoms with van der Waals surface area (Å²) in [5, 5.41) is 0. The molecule has 0 spiro atoms. The van der Waals surface area contributed by atoms with E-state index in [1.165, 1.54) is 12.3 Å². The van der Waals surface area contributed by atoms with E-state index in [-0.39, 0.29) is 12.1 Å². The van der Waals surface area contributed by atoms with Gasteiger partial charge in [-0.25, -0.2) is 4.98 Å². The Labute approximate surface area is 128 Å². The lowest BCUT2D eigenvalue weighted by atomic mass is 9.95. The topological polar surface area (TPSA) is 80.7 Å². The summed E-state index contributed by atoms with van der Waals surface area (Å²) in [5.74, 6) is -4.97. The van der Waals surface area contributed by atoms with Crippen LogP contribution < -0.4 is 5.73 Å². The SMILES string of the molecule is NC(=O)[C@@H]1CN(C(=O)c2ccc3nccn3c2)C[C@H]1C(F)(F)F. The Morgan fingerprint density at radius 1 is 1.26 bits per heavy atom. The number of carbonyl (C=O) groups excluding carboxylic acids is 2. The fourth-order valence-corrected chi connectivity index (χ4v) is 2.82. The molecule has 2 atom stereocenters. The molecule has 1 aliphatic heterocycles. The Morgan fingerprint density at radius 3 is 2.61 bits per heavy atom. The van der Waals surface area contributed by atoms with Gasteiger partial charge in [-0.15, -0.1) is 0 Å². The first-order valence-corrected chi connectivity index (χ1v) is 6.85. The zero-order valence-corrected chi connectivity index (χ0v) is 11.8. The lowest BCUT2D eigenvalue weighted by Crippen LogP contribution is -2.37. The monoisotopic (exact) mass is 326 g/mol. The maximum absolute atomic E-state index is 13.0. The van der Waals surface area contributed by atoms with Crippen LogP contribution in [0.5, 0.6) is 0 Å². The van der Waals surface area contributed by atoms with Crippen LogP contribution in [0.15, 0.2) is 30.7 Å². The summed E-state index contributed by atoms with van der Waals surface area (Å²) in [4.78, 5) is 28.7. The Morgan fingerprint density at radius 2 is 2.00 bits per heavy atom. The van der Waals surface area contributed by atoms with E-state index in [1.807, 2.05) is 0 Å². The Kier molecular flexibility index (Phi) is 3.50. The van der Waals surface area contributed by atoms with E-state index < -0.39 is 36.4 Å². The molecule has 0 bridgehead atoms. The summed E-state index contributed by atoms with van der Waals surface area (Å²) in [5.41, 5.74) is 5.90. The number of nitrogens with zero attached hydrogens (tertiary/aromatic N) is 3. The van der Waals surface area contributed by atoms with Gasteiger partial charge in [0.05, 0.1) is 17.4 Å². The van der Waals surface area contributed by atoms with E-state index in [2.05, 4.69) is 4.98 Å². The summed E-state index contributed by atoms with van der Waals surface area (Å²) in [6.45, 7) is -0.905. The Balaban J connectivity index is 1.86. The van der Waals surface area contributed by atoms with Gasteiger partial charge in [0.25, 0.3) is 5.91 Å². The molecule has 2 aromatic heterocycles. The highest BCUT2D eigenvalue weighted by atomic mass is 19.4. The number of hydrogen-bond acceptors (Lipinski definition) is 3. The minimum absolute atomic E-state index is 0.224. The molecule has 0 radical (unpaired) electrons. The van der Waals surface area contributed by atoms with Crippen LogP contribution in [0.25, 0.3) is 5.65 Å². The fraction of sp³-hybridized carbons (Fsp3) is 0.357. The third kappa shape index (κ3) is 2.73. The molecule has 0 unspecified atom stereocenters. The molecule has 0 aliphatic carbocycles. The highest BCUT2D eigenvalue weighted by molar-refractivity contribution is 5.95. The Bertz CT molecular complexity index is 771. The van der Waals surface area contributed by atoms with Crippen molar-refractivity contribution in [3.05, 3.63) is 36.3 Å². The summed E-state index contributed by atoms with van der Waals surface area (Å²) in [7, 11) is 0. The van der Waals surface area contributed by atoms with Gasteiger partial charge in [0.2, 0.25) is 5.91 Å². The number of primary amides is 1. The normalized spacial score (nSPS) is 21.8. The van der Waals surface area contributed by atoms with Gasteiger partial charge >= 0.3 is 6.18 Å². The molecular formula is C14H13F3N4O2. The van der Waals surface area contributed by atoms with Crippen LogP contribution in [-0.2, 0) is 4.79 Å². The number of rotatable bonds is 2. The molecule has 1 fully saturated rings. The average Bonchev–Trinajstić information content (AvgIpc) is 3.11. The molecule has 1 saturated heterocycles. The van der Waals surface area contributed by atoms with Crippen molar-refractivity contribution < 1.29 is 22.8 Å². The Hall–Kier alpha value is -2.58. The smallest absolute Gasteiger partial charge is 0.369 e. The van der Waals surface area contributed by atoms with Gasteiger partial charge in [-0.05, 0) is 12.1 Å². The molecule has 23 heavy (non-hydrogen) atoms. The number of aromatic nitrogens is 2. The maximum atomic E-state index is 13.0. The third-order valence-corrected chi connectivity index (χ3v) is 4.03. The lowest BCUT2D eigenvalue weighted by Gasteiger charge is -2.18. The molecule has 9 heteroatoms. The first-order valence-electron chi connectivity index (χ1n) is 6.85. The standard InChI is InChI=1S/C14H13F3N4O2/c15-14(16,17)10-7-21(6-9(10)12(18)22)13(23)8-1-2-11-19-3-4-20(11)5-8/h1-5,9-10H,6-7H2,(H2,18,22)/t9-,10-/m1/s1. The van der Waals surface area contributed by atoms with Crippen LogP contribution in [0.3, 0.4) is 0 Å². The number of halogens is 3. The van der Waals surface area contributed by atoms with Crippen LogP contribution in [-0.4, -0.2) is 45.4 Å². The number of amides is 2.